The highest BCUT2D eigenvalue weighted by Crippen LogP contribution is 2.33. The number of anilines is 1. The van der Waals surface area contributed by atoms with E-state index >= 15 is 0 Å². The summed E-state index contributed by atoms with van der Waals surface area (Å²) in [5.74, 6) is 2.04. The number of Topliss-reactive ketones (excluding diaryl/α,β-unsaturated/α-hetero) is 1. The molecule has 2 heteroatoms. The first-order chi connectivity index (χ1) is 8.54. The highest BCUT2D eigenvalue weighted by atomic mass is 16.1. The summed E-state index contributed by atoms with van der Waals surface area (Å²) in [4.78, 5) is 12.3. The maximum absolute atomic E-state index is 12.3. The molecule has 1 aliphatic carbocycles. The van der Waals surface area contributed by atoms with Crippen molar-refractivity contribution in [3.8, 4) is 0 Å². The molecular weight excluding hydrogens is 222 g/mol. The lowest BCUT2D eigenvalue weighted by Crippen LogP contribution is -2.27. The maximum Gasteiger partial charge on any atom is 0.140 e. The van der Waals surface area contributed by atoms with E-state index in [0.717, 1.165) is 24.1 Å². The van der Waals surface area contributed by atoms with E-state index in [-0.39, 0.29) is 5.92 Å². The van der Waals surface area contributed by atoms with Crippen molar-refractivity contribution < 1.29 is 4.79 Å². The Hall–Kier alpha value is -1.31. The van der Waals surface area contributed by atoms with Gasteiger partial charge in [0, 0.05) is 18.0 Å². The van der Waals surface area contributed by atoms with Gasteiger partial charge in [-0.15, -0.1) is 0 Å². The highest BCUT2D eigenvalue weighted by molar-refractivity contribution is 5.83. The van der Waals surface area contributed by atoms with Crippen molar-refractivity contribution in [2.24, 2.45) is 17.8 Å². The van der Waals surface area contributed by atoms with Gasteiger partial charge in [0.15, 0.2) is 0 Å². The molecule has 0 saturated heterocycles. The molecule has 0 aromatic heterocycles. The molecule has 98 valence electrons. The lowest BCUT2D eigenvalue weighted by Gasteiger charge is -2.30. The molecule has 1 aliphatic rings. The zero-order valence-corrected chi connectivity index (χ0v) is 11.4. The van der Waals surface area contributed by atoms with Crippen molar-refractivity contribution in [3.63, 3.8) is 0 Å². The summed E-state index contributed by atoms with van der Waals surface area (Å²) in [6.07, 6.45) is 3.96. The molecule has 2 rings (SSSR count). The Balaban J connectivity index is 1.97. The number of ketones is 1. The number of nitrogens with two attached hydrogens (primary N) is 1. The number of carbonyl (C=O) groups excluding carboxylic acids is 1. The van der Waals surface area contributed by atoms with Crippen molar-refractivity contribution in [3.05, 3.63) is 29.8 Å². The van der Waals surface area contributed by atoms with Gasteiger partial charge in [0.2, 0.25) is 0 Å². The highest BCUT2D eigenvalue weighted by Gasteiger charge is 2.28. The molecular formula is C16H23NO. The second-order valence-electron chi connectivity index (χ2n) is 6.00. The van der Waals surface area contributed by atoms with Crippen LogP contribution in [0.15, 0.2) is 24.3 Å². The van der Waals surface area contributed by atoms with Crippen molar-refractivity contribution in [1.29, 1.82) is 0 Å². The summed E-state index contributed by atoms with van der Waals surface area (Å²) >= 11 is 0. The van der Waals surface area contributed by atoms with Crippen LogP contribution in [0.1, 0.15) is 38.7 Å². The zero-order valence-electron chi connectivity index (χ0n) is 11.4. The van der Waals surface area contributed by atoms with Crippen molar-refractivity contribution in [1.82, 2.24) is 0 Å². The normalized spacial score (nSPS) is 28.0. The number of nitrogen functional groups attached to an aromatic ring is 1. The Bertz CT molecular complexity index is 400. The third-order valence-corrected chi connectivity index (χ3v) is 3.99. The minimum atomic E-state index is 0.265. The van der Waals surface area contributed by atoms with Crippen LogP contribution in [-0.4, -0.2) is 5.78 Å². The Morgan fingerprint density at radius 1 is 1.11 bits per heavy atom. The number of benzene rings is 1. The van der Waals surface area contributed by atoms with Crippen LogP contribution in [0.2, 0.25) is 0 Å². The van der Waals surface area contributed by atoms with Crippen molar-refractivity contribution in [2.45, 2.75) is 39.5 Å². The second kappa shape index (κ2) is 5.55. The van der Waals surface area contributed by atoms with Crippen molar-refractivity contribution in [2.75, 3.05) is 5.73 Å². The van der Waals surface area contributed by atoms with Gasteiger partial charge in [0.05, 0.1) is 0 Å². The van der Waals surface area contributed by atoms with Gasteiger partial charge in [0.25, 0.3) is 0 Å². The fourth-order valence-corrected chi connectivity index (χ4v) is 3.19. The van der Waals surface area contributed by atoms with E-state index in [9.17, 15) is 4.79 Å². The average Bonchev–Trinajstić information content (AvgIpc) is 2.31. The monoisotopic (exact) mass is 245 g/mol. The zero-order chi connectivity index (χ0) is 13.1. The van der Waals surface area contributed by atoms with E-state index in [1.807, 2.05) is 24.3 Å². The van der Waals surface area contributed by atoms with E-state index < -0.39 is 0 Å². The third-order valence-electron chi connectivity index (χ3n) is 3.99. The smallest absolute Gasteiger partial charge is 0.140 e. The first-order valence-electron chi connectivity index (χ1n) is 6.91. The van der Waals surface area contributed by atoms with Crippen LogP contribution in [0.3, 0.4) is 0 Å². The predicted octanol–water partition coefficient (Wildman–Crippen LogP) is 3.45. The lowest BCUT2D eigenvalue weighted by atomic mass is 9.74. The van der Waals surface area contributed by atoms with Gasteiger partial charge in [-0.25, -0.2) is 0 Å². The Kier molecular flexibility index (Phi) is 4.05. The van der Waals surface area contributed by atoms with E-state index in [0.29, 0.717) is 24.0 Å². The minimum absolute atomic E-state index is 0.265. The van der Waals surface area contributed by atoms with Crippen LogP contribution < -0.4 is 5.73 Å². The summed E-state index contributed by atoms with van der Waals surface area (Å²) < 4.78 is 0. The van der Waals surface area contributed by atoms with Crippen LogP contribution in [-0.2, 0) is 11.2 Å². The molecule has 1 aromatic rings. The number of carbonyl (C=O) groups is 1. The molecule has 1 aromatic carbocycles. The average molecular weight is 245 g/mol. The molecule has 2 unspecified atom stereocenters. The van der Waals surface area contributed by atoms with E-state index in [4.69, 9.17) is 5.73 Å². The van der Waals surface area contributed by atoms with Gasteiger partial charge in [-0.1, -0.05) is 26.0 Å². The topological polar surface area (TPSA) is 43.1 Å². The molecule has 2 atom stereocenters. The first kappa shape index (κ1) is 13.1. The summed E-state index contributed by atoms with van der Waals surface area (Å²) in [6, 6.07) is 7.66. The quantitative estimate of drug-likeness (QED) is 0.829. The van der Waals surface area contributed by atoms with Crippen LogP contribution in [0, 0.1) is 17.8 Å². The largest absolute Gasteiger partial charge is 0.399 e. The molecule has 0 heterocycles. The van der Waals surface area contributed by atoms with Crippen LogP contribution >= 0.6 is 0 Å². The van der Waals surface area contributed by atoms with Crippen LogP contribution in [0.4, 0.5) is 5.69 Å². The van der Waals surface area contributed by atoms with Gasteiger partial charge in [0.1, 0.15) is 5.78 Å². The number of hydrogen-bond acceptors (Lipinski definition) is 2. The minimum Gasteiger partial charge on any atom is -0.399 e. The van der Waals surface area contributed by atoms with Gasteiger partial charge >= 0.3 is 0 Å². The molecule has 0 bridgehead atoms. The van der Waals surface area contributed by atoms with E-state index in [1.165, 1.54) is 6.42 Å². The maximum atomic E-state index is 12.3. The molecule has 0 amide bonds. The SMILES string of the molecule is CC1CC(C)CC(C(=O)Cc2ccc(N)cc2)C1. The Morgan fingerprint density at radius 2 is 1.67 bits per heavy atom. The van der Waals surface area contributed by atoms with Gasteiger partial charge in [-0.3, -0.25) is 4.79 Å². The summed E-state index contributed by atoms with van der Waals surface area (Å²) in [5.41, 5.74) is 7.49. The van der Waals surface area contributed by atoms with E-state index in [1.54, 1.807) is 0 Å². The van der Waals surface area contributed by atoms with E-state index in [2.05, 4.69) is 13.8 Å². The third kappa shape index (κ3) is 3.34. The van der Waals surface area contributed by atoms with Crippen LogP contribution in [0.5, 0.6) is 0 Å². The molecule has 0 spiro atoms. The fraction of sp³-hybridized carbons (Fsp3) is 0.562. The van der Waals surface area contributed by atoms with Gasteiger partial charge in [-0.2, -0.15) is 0 Å². The van der Waals surface area contributed by atoms with Gasteiger partial charge in [-0.05, 0) is 48.8 Å². The standard InChI is InChI=1S/C16H23NO/c1-11-7-12(2)9-14(8-11)16(18)10-13-3-5-15(17)6-4-13/h3-6,11-12,14H,7-10,17H2,1-2H3. The lowest BCUT2D eigenvalue weighted by molar-refractivity contribution is -0.124. The fourth-order valence-electron chi connectivity index (χ4n) is 3.19. The summed E-state index contributed by atoms with van der Waals surface area (Å²) in [6.45, 7) is 4.53. The molecule has 2 N–H and O–H groups in total. The molecule has 0 radical (unpaired) electrons. The summed E-state index contributed by atoms with van der Waals surface area (Å²) in [5, 5.41) is 0. The molecule has 1 saturated carbocycles. The molecule has 0 aliphatic heterocycles. The van der Waals surface area contributed by atoms with Crippen LogP contribution in [0.25, 0.3) is 0 Å². The van der Waals surface area contributed by atoms with Crippen molar-refractivity contribution >= 4 is 11.5 Å². The number of rotatable bonds is 3. The molecule has 18 heavy (non-hydrogen) atoms. The molecule has 2 nitrogen and oxygen atoms in total. The predicted molar refractivity (Wildman–Crippen MR) is 75.2 cm³/mol. The Labute approximate surface area is 110 Å². The van der Waals surface area contributed by atoms with Gasteiger partial charge < -0.3 is 5.73 Å². The first-order valence-corrected chi connectivity index (χ1v) is 6.91. The number of hydrogen-bond donors (Lipinski definition) is 1. The second-order valence-corrected chi connectivity index (χ2v) is 6.00. The Morgan fingerprint density at radius 3 is 2.22 bits per heavy atom. The molecule has 1 fully saturated rings. The summed E-state index contributed by atoms with van der Waals surface area (Å²) in [7, 11) is 0.